The van der Waals surface area contributed by atoms with Crippen LogP contribution < -0.4 is 20.1 Å². The van der Waals surface area contributed by atoms with Gasteiger partial charge in [-0.1, -0.05) is 12.0 Å². The monoisotopic (exact) mass is 486 g/mol. The lowest BCUT2D eigenvalue weighted by Crippen LogP contribution is -2.36. The number of nitrogens with zero attached hydrogens (tertiary/aromatic N) is 2. The predicted molar refractivity (Wildman–Crippen MR) is 117 cm³/mol. The van der Waals surface area contributed by atoms with Crippen molar-refractivity contribution < 1.29 is 9.47 Å². The van der Waals surface area contributed by atoms with E-state index in [1.807, 2.05) is 31.3 Å². The average Bonchev–Trinajstić information content (AvgIpc) is 3.05. The third-order valence-electron chi connectivity index (χ3n) is 3.30. The van der Waals surface area contributed by atoms with Gasteiger partial charge in [0.25, 0.3) is 0 Å². The molecule has 8 heteroatoms. The SMILES string of the molecule is C#CCOc1cc(CNC(=NC)NCc2ncc(C)s2)ccc1OC.I. The number of nitrogens with one attached hydrogen (secondary N) is 2. The van der Waals surface area contributed by atoms with E-state index >= 15 is 0 Å². The molecule has 0 fully saturated rings. The average molecular weight is 486 g/mol. The maximum absolute atomic E-state index is 5.52. The fourth-order valence-electron chi connectivity index (χ4n) is 2.11. The van der Waals surface area contributed by atoms with E-state index < -0.39 is 0 Å². The van der Waals surface area contributed by atoms with Crippen LogP contribution in [0.15, 0.2) is 29.4 Å². The van der Waals surface area contributed by atoms with Crippen LogP contribution in [0.5, 0.6) is 11.5 Å². The largest absolute Gasteiger partial charge is 0.493 e. The highest BCUT2D eigenvalue weighted by Gasteiger charge is 2.07. The van der Waals surface area contributed by atoms with Crippen molar-refractivity contribution in [1.82, 2.24) is 15.6 Å². The second-order valence-electron chi connectivity index (χ2n) is 5.12. The normalized spacial score (nSPS) is 10.5. The number of methoxy groups -OCH3 is 1. The molecule has 0 saturated carbocycles. The number of aromatic nitrogens is 1. The van der Waals surface area contributed by atoms with Crippen molar-refractivity contribution in [2.24, 2.45) is 4.99 Å². The quantitative estimate of drug-likeness (QED) is 0.273. The molecule has 0 bridgehead atoms. The smallest absolute Gasteiger partial charge is 0.191 e. The van der Waals surface area contributed by atoms with Crippen molar-refractivity contribution >= 4 is 41.3 Å². The lowest BCUT2D eigenvalue weighted by Gasteiger charge is -2.13. The molecule has 0 radical (unpaired) electrons. The molecule has 0 amide bonds. The minimum atomic E-state index is 0. The molecule has 0 spiro atoms. The summed E-state index contributed by atoms with van der Waals surface area (Å²) < 4.78 is 10.8. The Hall–Kier alpha value is -1.99. The predicted octanol–water partition coefficient (Wildman–Crippen LogP) is 2.96. The molecule has 2 N–H and O–H groups in total. The van der Waals surface area contributed by atoms with Gasteiger partial charge in [0.05, 0.1) is 13.7 Å². The lowest BCUT2D eigenvalue weighted by atomic mass is 10.2. The number of aliphatic imine (C=N–C) groups is 1. The molecule has 1 heterocycles. The summed E-state index contributed by atoms with van der Waals surface area (Å²) in [6.07, 6.45) is 7.12. The number of terminal acetylenes is 1. The van der Waals surface area contributed by atoms with Crippen molar-refractivity contribution in [2.45, 2.75) is 20.0 Å². The van der Waals surface area contributed by atoms with Gasteiger partial charge in [-0.25, -0.2) is 4.98 Å². The fourth-order valence-corrected chi connectivity index (χ4v) is 2.84. The van der Waals surface area contributed by atoms with Crippen LogP contribution in [0.3, 0.4) is 0 Å². The molecule has 2 rings (SSSR count). The van der Waals surface area contributed by atoms with E-state index in [0.717, 1.165) is 10.6 Å². The molecule has 0 aliphatic rings. The second kappa shape index (κ2) is 11.6. The highest BCUT2D eigenvalue weighted by Crippen LogP contribution is 2.27. The molecular weight excluding hydrogens is 463 g/mol. The lowest BCUT2D eigenvalue weighted by molar-refractivity contribution is 0.330. The summed E-state index contributed by atoms with van der Waals surface area (Å²) in [5.41, 5.74) is 1.03. The zero-order valence-corrected chi connectivity index (χ0v) is 18.2. The Morgan fingerprint density at radius 3 is 2.69 bits per heavy atom. The van der Waals surface area contributed by atoms with Crippen molar-refractivity contribution in [1.29, 1.82) is 0 Å². The molecule has 26 heavy (non-hydrogen) atoms. The number of ether oxygens (including phenoxy) is 2. The van der Waals surface area contributed by atoms with Gasteiger partial charge < -0.3 is 20.1 Å². The maximum atomic E-state index is 5.52. The first-order chi connectivity index (χ1) is 12.2. The molecule has 1 aromatic carbocycles. The first-order valence-electron chi connectivity index (χ1n) is 7.75. The summed E-state index contributed by atoms with van der Waals surface area (Å²) in [6, 6.07) is 5.73. The minimum Gasteiger partial charge on any atom is -0.493 e. The van der Waals surface area contributed by atoms with Gasteiger partial charge in [-0.2, -0.15) is 0 Å². The highest BCUT2D eigenvalue weighted by atomic mass is 127. The summed E-state index contributed by atoms with van der Waals surface area (Å²) in [7, 11) is 3.33. The Bertz CT molecular complexity index is 771. The van der Waals surface area contributed by atoms with Crippen LogP contribution in [0, 0.1) is 19.3 Å². The first kappa shape index (κ1) is 22.1. The van der Waals surface area contributed by atoms with Crippen molar-refractivity contribution in [3.05, 3.63) is 39.8 Å². The Balaban J connectivity index is 0.00000338. The minimum absolute atomic E-state index is 0. The van der Waals surface area contributed by atoms with Crippen LogP contribution in [0.2, 0.25) is 0 Å². The number of hydrogen-bond donors (Lipinski definition) is 2. The Morgan fingerprint density at radius 2 is 2.08 bits per heavy atom. The zero-order chi connectivity index (χ0) is 18.1. The summed E-state index contributed by atoms with van der Waals surface area (Å²) in [4.78, 5) is 9.74. The zero-order valence-electron chi connectivity index (χ0n) is 15.0. The van der Waals surface area contributed by atoms with Crippen LogP contribution in [0.4, 0.5) is 0 Å². The van der Waals surface area contributed by atoms with Gasteiger partial charge in [0.15, 0.2) is 17.5 Å². The molecule has 0 aliphatic carbocycles. The van der Waals surface area contributed by atoms with E-state index in [2.05, 4.69) is 26.5 Å². The van der Waals surface area contributed by atoms with Crippen LogP contribution in [0.25, 0.3) is 0 Å². The first-order valence-corrected chi connectivity index (χ1v) is 8.57. The van der Waals surface area contributed by atoms with Crippen LogP contribution in [0.1, 0.15) is 15.4 Å². The Morgan fingerprint density at radius 1 is 1.31 bits per heavy atom. The molecule has 2 aromatic rings. The number of rotatable bonds is 7. The van der Waals surface area contributed by atoms with Gasteiger partial charge in [0.2, 0.25) is 0 Å². The third kappa shape index (κ3) is 6.72. The third-order valence-corrected chi connectivity index (χ3v) is 4.21. The molecule has 0 unspecified atom stereocenters. The van der Waals surface area contributed by atoms with Gasteiger partial charge in [-0.3, -0.25) is 4.99 Å². The van der Waals surface area contributed by atoms with Crippen molar-refractivity contribution in [3.63, 3.8) is 0 Å². The van der Waals surface area contributed by atoms with Gasteiger partial charge >= 0.3 is 0 Å². The fraction of sp³-hybridized carbons (Fsp3) is 0.333. The second-order valence-corrected chi connectivity index (χ2v) is 6.44. The molecule has 0 atom stereocenters. The van der Waals surface area contributed by atoms with Crippen LogP contribution in [-0.4, -0.2) is 31.7 Å². The summed E-state index contributed by atoms with van der Waals surface area (Å²) >= 11 is 1.67. The summed E-state index contributed by atoms with van der Waals surface area (Å²) in [6.45, 7) is 3.46. The number of thiazole rings is 1. The molecule has 6 nitrogen and oxygen atoms in total. The molecule has 140 valence electrons. The van der Waals surface area contributed by atoms with E-state index in [9.17, 15) is 0 Å². The number of benzene rings is 1. The van der Waals surface area contributed by atoms with E-state index in [-0.39, 0.29) is 30.6 Å². The number of guanidine groups is 1. The van der Waals surface area contributed by atoms with E-state index in [0.29, 0.717) is 30.5 Å². The van der Waals surface area contributed by atoms with Gasteiger partial charge in [0, 0.05) is 24.7 Å². The molecule has 0 aliphatic heterocycles. The van der Waals surface area contributed by atoms with Crippen molar-refractivity contribution in [2.75, 3.05) is 20.8 Å². The van der Waals surface area contributed by atoms with E-state index in [4.69, 9.17) is 15.9 Å². The van der Waals surface area contributed by atoms with Crippen LogP contribution >= 0.6 is 35.3 Å². The standard InChI is InChI=1S/C18H22N4O2S.HI/c1-5-8-24-16-9-14(6-7-15(16)23-4)11-21-18(19-3)22-12-17-20-10-13(2)25-17;/h1,6-7,9-10H,8,11-12H2,2-4H3,(H2,19,21,22);1H. The summed E-state index contributed by atoms with van der Waals surface area (Å²) in [5, 5.41) is 7.53. The van der Waals surface area contributed by atoms with Crippen LogP contribution in [-0.2, 0) is 13.1 Å². The van der Waals surface area contributed by atoms with E-state index in [1.54, 1.807) is 25.5 Å². The molecule has 1 aromatic heterocycles. The topological polar surface area (TPSA) is 67.8 Å². The van der Waals surface area contributed by atoms with Crippen molar-refractivity contribution in [3.8, 4) is 23.8 Å². The number of halogens is 1. The van der Waals surface area contributed by atoms with Gasteiger partial charge in [0.1, 0.15) is 11.6 Å². The molecule has 0 saturated heterocycles. The Kier molecular flexibility index (Phi) is 9.83. The number of hydrogen-bond acceptors (Lipinski definition) is 5. The van der Waals surface area contributed by atoms with Gasteiger partial charge in [-0.15, -0.1) is 41.7 Å². The Labute approximate surface area is 175 Å². The summed E-state index contributed by atoms with van der Waals surface area (Å²) in [5.74, 6) is 4.44. The molecular formula is C18H23IN4O2S. The number of aryl methyl sites for hydroxylation is 1. The van der Waals surface area contributed by atoms with E-state index in [1.165, 1.54) is 4.88 Å². The van der Waals surface area contributed by atoms with Gasteiger partial charge in [-0.05, 0) is 24.6 Å². The highest BCUT2D eigenvalue weighted by molar-refractivity contribution is 14.0. The maximum Gasteiger partial charge on any atom is 0.191 e.